The highest BCUT2D eigenvalue weighted by Gasteiger charge is 2.26. The SMILES string of the molecule is N#CCOC(=O)c1cccc(S(=O)(=O)N(Cc2ccccc2)c2ccccc2)c1. The van der Waals surface area contributed by atoms with Crippen molar-refractivity contribution in [1.82, 2.24) is 0 Å². The van der Waals surface area contributed by atoms with Gasteiger partial charge in [0.15, 0.2) is 6.61 Å². The maximum absolute atomic E-state index is 13.4. The second-order valence-corrected chi connectivity index (χ2v) is 7.96. The molecule has 146 valence electrons. The predicted octanol–water partition coefficient (Wildman–Crippen LogP) is 3.76. The van der Waals surface area contributed by atoms with Crippen molar-refractivity contribution in [2.24, 2.45) is 0 Å². The van der Waals surface area contributed by atoms with Gasteiger partial charge in [0.05, 0.1) is 22.7 Å². The number of hydrogen-bond acceptors (Lipinski definition) is 5. The second-order valence-electron chi connectivity index (χ2n) is 6.09. The van der Waals surface area contributed by atoms with Crippen LogP contribution in [0.3, 0.4) is 0 Å². The maximum Gasteiger partial charge on any atom is 0.339 e. The van der Waals surface area contributed by atoms with E-state index in [1.807, 2.05) is 36.4 Å². The lowest BCUT2D eigenvalue weighted by atomic mass is 10.2. The zero-order valence-electron chi connectivity index (χ0n) is 15.4. The van der Waals surface area contributed by atoms with Crippen molar-refractivity contribution in [1.29, 1.82) is 5.26 Å². The summed E-state index contributed by atoms with van der Waals surface area (Å²) in [5.41, 5.74) is 1.40. The van der Waals surface area contributed by atoms with Gasteiger partial charge in [-0.2, -0.15) is 5.26 Å². The third kappa shape index (κ3) is 4.81. The van der Waals surface area contributed by atoms with Crippen molar-refractivity contribution < 1.29 is 17.9 Å². The monoisotopic (exact) mass is 406 g/mol. The van der Waals surface area contributed by atoms with Crippen molar-refractivity contribution in [3.8, 4) is 6.07 Å². The summed E-state index contributed by atoms with van der Waals surface area (Å²) in [6.45, 7) is -0.268. The normalized spacial score (nSPS) is 10.7. The molecule has 0 amide bonds. The van der Waals surface area contributed by atoms with E-state index in [-0.39, 0.29) is 17.0 Å². The smallest absolute Gasteiger partial charge is 0.339 e. The van der Waals surface area contributed by atoms with Crippen LogP contribution in [0.2, 0.25) is 0 Å². The van der Waals surface area contributed by atoms with Gasteiger partial charge in [0.2, 0.25) is 0 Å². The summed E-state index contributed by atoms with van der Waals surface area (Å²) in [7, 11) is -3.97. The molecule has 0 aromatic heterocycles. The fraction of sp³-hybridized carbons (Fsp3) is 0.0909. The van der Waals surface area contributed by atoms with Gasteiger partial charge in [0, 0.05) is 0 Å². The number of ether oxygens (including phenoxy) is 1. The van der Waals surface area contributed by atoms with Crippen LogP contribution >= 0.6 is 0 Å². The maximum atomic E-state index is 13.4. The lowest BCUT2D eigenvalue weighted by Crippen LogP contribution is -2.30. The number of rotatable bonds is 7. The van der Waals surface area contributed by atoms with Gasteiger partial charge < -0.3 is 4.74 Å². The number of esters is 1. The van der Waals surface area contributed by atoms with Crippen LogP contribution in [0.1, 0.15) is 15.9 Å². The number of carbonyl (C=O) groups excluding carboxylic acids is 1. The molecule has 0 aliphatic carbocycles. The van der Waals surface area contributed by atoms with Crippen molar-refractivity contribution in [2.45, 2.75) is 11.4 Å². The number of benzene rings is 3. The van der Waals surface area contributed by atoms with E-state index in [9.17, 15) is 13.2 Å². The molecule has 0 unspecified atom stereocenters. The molecule has 3 rings (SSSR count). The first-order chi connectivity index (χ1) is 14.0. The zero-order chi connectivity index (χ0) is 20.7. The predicted molar refractivity (Wildman–Crippen MR) is 109 cm³/mol. The fourth-order valence-corrected chi connectivity index (χ4v) is 4.25. The molecule has 0 saturated carbocycles. The number of nitrogens with zero attached hydrogens (tertiary/aromatic N) is 2. The highest BCUT2D eigenvalue weighted by Crippen LogP contribution is 2.26. The Bertz CT molecular complexity index is 1120. The van der Waals surface area contributed by atoms with Crippen LogP contribution < -0.4 is 4.31 Å². The number of hydrogen-bond donors (Lipinski definition) is 0. The van der Waals surface area contributed by atoms with Crippen LogP contribution in [0.25, 0.3) is 0 Å². The average molecular weight is 406 g/mol. The molecule has 0 bridgehead atoms. The average Bonchev–Trinajstić information content (AvgIpc) is 2.77. The number of anilines is 1. The molecular formula is C22H18N2O4S. The van der Waals surface area contributed by atoms with E-state index in [0.29, 0.717) is 5.69 Å². The lowest BCUT2D eigenvalue weighted by molar-refractivity contribution is 0.0554. The summed E-state index contributed by atoms with van der Waals surface area (Å²) in [6.07, 6.45) is 0. The van der Waals surface area contributed by atoms with E-state index in [0.717, 1.165) is 5.56 Å². The standard InChI is InChI=1S/C22H18N2O4S/c23-14-15-28-22(25)19-10-7-13-21(16-19)29(26,27)24(20-11-5-2-6-12-20)17-18-8-3-1-4-9-18/h1-13,16H,15,17H2. The molecule has 7 heteroatoms. The Morgan fingerprint density at radius 1 is 0.931 bits per heavy atom. The number of carbonyl (C=O) groups is 1. The largest absolute Gasteiger partial charge is 0.447 e. The Morgan fingerprint density at radius 2 is 1.59 bits per heavy atom. The van der Waals surface area contributed by atoms with Gasteiger partial charge in [-0.15, -0.1) is 0 Å². The van der Waals surface area contributed by atoms with Gasteiger partial charge in [0.25, 0.3) is 10.0 Å². The molecule has 29 heavy (non-hydrogen) atoms. The van der Waals surface area contributed by atoms with E-state index in [4.69, 9.17) is 10.00 Å². The van der Waals surface area contributed by atoms with Crippen LogP contribution in [0.5, 0.6) is 0 Å². The third-order valence-corrected chi connectivity index (χ3v) is 5.91. The molecule has 6 nitrogen and oxygen atoms in total. The first-order valence-corrected chi connectivity index (χ1v) is 10.2. The summed E-state index contributed by atoms with van der Waals surface area (Å²) in [4.78, 5) is 12.0. The van der Waals surface area contributed by atoms with E-state index >= 15 is 0 Å². The third-order valence-electron chi connectivity index (χ3n) is 4.14. The van der Waals surface area contributed by atoms with Gasteiger partial charge in [-0.25, -0.2) is 13.2 Å². The van der Waals surface area contributed by atoms with E-state index in [1.54, 1.807) is 30.3 Å². The molecule has 0 N–H and O–H groups in total. The van der Waals surface area contributed by atoms with Gasteiger partial charge >= 0.3 is 5.97 Å². The highest BCUT2D eigenvalue weighted by atomic mass is 32.2. The summed E-state index contributed by atoms with van der Waals surface area (Å²) >= 11 is 0. The number of sulfonamides is 1. The van der Waals surface area contributed by atoms with Crippen LogP contribution in [-0.4, -0.2) is 21.0 Å². The minimum Gasteiger partial charge on any atom is -0.447 e. The molecule has 3 aromatic carbocycles. The Balaban J connectivity index is 2.01. The van der Waals surface area contributed by atoms with Crippen LogP contribution in [-0.2, 0) is 21.3 Å². The van der Waals surface area contributed by atoms with Gasteiger partial charge in [-0.05, 0) is 35.9 Å². The summed E-state index contributed by atoms with van der Waals surface area (Å²) in [6, 6.07) is 25.3. The Kier molecular flexibility index (Phi) is 6.27. The molecule has 0 radical (unpaired) electrons. The van der Waals surface area contributed by atoms with Gasteiger partial charge in [-0.1, -0.05) is 54.6 Å². The van der Waals surface area contributed by atoms with Crippen molar-refractivity contribution in [3.63, 3.8) is 0 Å². The van der Waals surface area contributed by atoms with Gasteiger partial charge in [0.1, 0.15) is 6.07 Å². The summed E-state index contributed by atoms with van der Waals surface area (Å²) < 4.78 is 33.0. The first kappa shape index (κ1) is 20.1. The molecule has 0 aliphatic heterocycles. The minimum atomic E-state index is -3.97. The van der Waals surface area contributed by atoms with Gasteiger partial charge in [-0.3, -0.25) is 4.31 Å². The zero-order valence-corrected chi connectivity index (χ0v) is 16.2. The van der Waals surface area contributed by atoms with Crippen molar-refractivity contribution in [3.05, 3.63) is 96.1 Å². The molecule has 0 aliphatic rings. The van der Waals surface area contributed by atoms with Crippen LogP contribution in [0.4, 0.5) is 5.69 Å². The molecular weight excluding hydrogens is 388 g/mol. The molecule has 0 fully saturated rings. The van der Waals surface area contributed by atoms with Crippen LogP contribution in [0, 0.1) is 11.3 Å². The topological polar surface area (TPSA) is 87.5 Å². The van der Waals surface area contributed by atoms with E-state index < -0.39 is 22.6 Å². The Morgan fingerprint density at radius 3 is 2.24 bits per heavy atom. The summed E-state index contributed by atoms with van der Waals surface area (Å²) in [5, 5.41) is 8.56. The minimum absolute atomic E-state index is 0.0382. The Labute approximate surface area is 169 Å². The van der Waals surface area contributed by atoms with E-state index in [1.165, 1.54) is 28.6 Å². The first-order valence-electron chi connectivity index (χ1n) is 8.78. The van der Waals surface area contributed by atoms with Crippen molar-refractivity contribution >= 4 is 21.7 Å². The molecule has 0 spiro atoms. The second kappa shape index (κ2) is 9.04. The summed E-state index contributed by atoms with van der Waals surface area (Å²) in [5.74, 6) is -0.752. The lowest BCUT2D eigenvalue weighted by Gasteiger charge is -2.25. The Hall–Kier alpha value is -3.63. The van der Waals surface area contributed by atoms with Crippen molar-refractivity contribution in [2.75, 3.05) is 10.9 Å². The highest BCUT2D eigenvalue weighted by molar-refractivity contribution is 7.92. The van der Waals surface area contributed by atoms with Crippen LogP contribution in [0.15, 0.2) is 89.8 Å². The molecule has 0 saturated heterocycles. The number of para-hydroxylation sites is 1. The van der Waals surface area contributed by atoms with E-state index in [2.05, 4.69) is 0 Å². The molecule has 0 atom stereocenters. The molecule has 3 aromatic rings. The number of nitriles is 1. The molecule has 0 heterocycles. The quantitative estimate of drug-likeness (QED) is 0.558. The fourth-order valence-electron chi connectivity index (χ4n) is 2.75.